The quantitative estimate of drug-likeness (QED) is 0.648. The molecule has 0 aliphatic heterocycles. The zero-order chi connectivity index (χ0) is 11.8. The van der Waals surface area contributed by atoms with Crippen LogP contribution in [0.15, 0.2) is 0 Å². The summed E-state index contributed by atoms with van der Waals surface area (Å²) in [6.07, 6.45) is 2.52. The van der Waals surface area contributed by atoms with E-state index in [2.05, 4.69) is 0 Å². The first kappa shape index (κ1) is 14.2. The largest absolute Gasteiger partial charge is 0.480 e. The Morgan fingerprint density at radius 1 is 1.53 bits per heavy atom. The lowest BCUT2D eigenvalue weighted by atomic mass is 10.2. The van der Waals surface area contributed by atoms with Gasteiger partial charge in [-0.2, -0.15) is 11.8 Å². The van der Waals surface area contributed by atoms with Crippen LogP contribution in [0, 0.1) is 0 Å². The fraction of sp³-hybridized carbons (Fsp3) is 0.778. The van der Waals surface area contributed by atoms with Crippen molar-refractivity contribution in [2.24, 2.45) is 5.73 Å². The SMILES string of the molecule is CCN(CC(=O)O)C(=O)[C@H](N)CCSC. The van der Waals surface area contributed by atoms with Crippen molar-refractivity contribution in [3.63, 3.8) is 0 Å². The van der Waals surface area contributed by atoms with Crippen LogP contribution in [-0.4, -0.2) is 53.0 Å². The van der Waals surface area contributed by atoms with Crippen LogP contribution >= 0.6 is 11.8 Å². The van der Waals surface area contributed by atoms with E-state index in [0.29, 0.717) is 13.0 Å². The van der Waals surface area contributed by atoms with Gasteiger partial charge in [0.1, 0.15) is 6.54 Å². The standard InChI is InChI=1S/C9H18N2O3S/c1-3-11(6-8(12)13)9(14)7(10)4-5-15-2/h7H,3-6,10H2,1-2H3,(H,12,13)/t7-/m1/s1. The number of nitrogens with zero attached hydrogens (tertiary/aromatic N) is 1. The molecule has 3 N–H and O–H groups in total. The van der Waals surface area contributed by atoms with Gasteiger partial charge >= 0.3 is 5.97 Å². The number of carboxylic acids is 1. The van der Waals surface area contributed by atoms with Gasteiger partial charge in [0.25, 0.3) is 0 Å². The summed E-state index contributed by atoms with van der Waals surface area (Å²) in [5.41, 5.74) is 5.66. The van der Waals surface area contributed by atoms with Gasteiger partial charge in [0.15, 0.2) is 0 Å². The Labute approximate surface area is 94.0 Å². The van der Waals surface area contributed by atoms with Crippen LogP contribution in [0.1, 0.15) is 13.3 Å². The average molecular weight is 234 g/mol. The fourth-order valence-corrected chi connectivity index (χ4v) is 1.60. The van der Waals surface area contributed by atoms with Gasteiger partial charge in [0.2, 0.25) is 5.91 Å². The van der Waals surface area contributed by atoms with Gasteiger partial charge in [0, 0.05) is 6.54 Å². The van der Waals surface area contributed by atoms with Gasteiger partial charge in [-0.15, -0.1) is 0 Å². The first-order valence-corrected chi connectivity index (χ1v) is 6.17. The molecule has 0 saturated heterocycles. The molecule has 1 amide bonds. The predicted octanol–water partition coefficient (Wildman–Crippen LogP) is -0.0001000. The summed E-state index contributed by atoms with van der Waals surface area (Å²) in [7, 11) is 0. The molecule has 0 fully saturated rings. The predicted molar refractivity (Wildman–Crippen MR) is 60.9 cm³/mol. The van der Waals surface area contributed by atoms with Gasteiger partial charge in [-0.25, -0.2) is 0 Å². The molecule has 5 nitrogen and oxygen atoms in total. The topological polar surface area (TPSA) is 83.6 Å². The molecule has 0 rings (SSSR count). The maximum absolute atomic E-state index is 11.6. The van der Waals surface area contributed by atoms with E-state index >= 15 is 0 Å². The zero-order valence-electron chi connectivity index (χ0n) is 9.10. The lowest BCUT2D eigenvalue weighted by Gasteiger charge is -2.22. The normalized spacial score (nSPS) is 12.2. The molecule has 0 heterocycles. The fourth-order valence-electron chi connectivity index (χ4n) is 1.11. The van der Waals surface area contributed by atoms with E-state index in [1.54, 1.807) is 18.7 Å². The molecule has 0 aromatic heterocycles. The molecule has 88 valence electrons. The molecule has 6 heteroatoms. The second kappa shape index (κ2) is 7.53. The summed E-state index contributed by atoms with van der Waals surface area (Å²) in [5.74, 6) is -0.492. The van der Waals surface area contributed by atoms with Crippen LogP contribution < -0.4 is 5.73 Å². The smallest absolute Gasteiger partial charge is 0.323 e. The Morgan fingerprint density at radius 2 is 2.13 bits per heavy atom. The van der Waals surface area contributed by atoms with Crippen molar-refractivity contribution in [1.29, 1.82) is 0 Å². The molecule has 0 saturated carbocycles. The number of thioether (sulfide) groups is 1. The molecule has 0 aliphatic carbocycles. The Hall–Kier alpha value is -0.750. The highest BCUT2D eigenvalue weighted by Gasteiger charge is 2.20. The van der Waals surface area contributed by atoms with Crippen molar-refractivity contribution in [1.82, 2.24) is 4.90 Å². The molecule has 0 aromatic rings. The minimum Gasteiger partial charge on any atom is -0.480 e. The molecular weight excluding hydrogens is 216 g/mol. The van der Waals surface area contributed by atoms with Gasteiger partial charge in [-0.05, 0) is 25.4 Å². The monoisotopic (exact) mass is 234 g/mol. The maximum Gasteiger partial charge on any atom is 0.323 e. The van der Waals surface area contributed by atoms with Crippen molar-refractivity contribution >= 4 is 23.6 Å². The van der Waals surface area contributed by atoms with Crippen molar-refractivity contribution in [3.8, 4) is 0 Å². The van der Waals surface area contributed by atoms with Crippen LogP contribution in [0.2, 0.25) is 0 Å². The van der Waals surface area contributed by atoms with Crippen molar-refractivity contribution in [3.05, 3.63) is 0 Å². The Kier molecular flexibility index (Phi) is 7.15. The minimum absolute atomic E-state index is 0.275. The van der Waals surface area contributed by atoms with Gasteiger partial charge in [-0.3, -0.25) is 9.59 Å². The highest BCUT2D eigenvalue weighted by Crippen LogP contribution is 2.02. The Balaban J connectivity index is 4.17. The third-order valence-electron chi connectivity index (χ3n) is 1.97. The highest BCUT2D eigenvalue weighted by atomic mass is 32.2. The highest BCUT2D eigenvalue weighted by molar-refractivity contribution is 7.98. The average Bonchev–Trinajstić information content (AvgIpc) is 2.21. The number of carbonyl (C=O) groups is 2. The van der Waals surface area contributed by atoms with E-state index < -0.39 is 12.0 Å². The Bertz CT molecular complexity index is 223. The summed E-state index contributed by atoms with van der Waals surface area (Å²) in [6.45, 7) is 1.84. The van der Waals surface area contributed by atoms with Crippen molar-refractivity contribution in [2.75, 3.05) is 25.1 Å². The summed E-state index contributed by atoms with van der Waals surface area (Å²) in [4.78, 5) is 23.4. The number of aliphatic carboxylic acids is 1. The molecule has 0 aliphatic rings. The third-order valence-corrected chi connectivity index (χ3v) is 2.61. The van der Waals surface area contributed by atoms with Crippen LogP contribution in [-0.2, 0) is 9.59 Å². The number of hydrogen-bond donors (Lipinski definition) is 2. The van der Waals surface area contributed by atoms with Crippen molar-refractivity contribution < 1.29 is 14.7 Å². The van der Waals surface area contributed by atoms with Crippen LogP contribution in [0.25, 0.3) is 0 Å². The molecule has 1 atom stereocenters. The third kappa shape index (κ3) is 5.64. The number of nitrogens with two attached hydrogens (primary N) is 1. The molecule has 0 aromatic carbocycles. The van der Waals surface area contributed by atoms with Gasteiger partial charge in [-0.1, -0.05) is 0 Å². The van der Waals surface area contributed by atoms with Crippen molar-refractivity contribution in [2.45, 2.75) is 19.4 Å². The van der Waals surface area contributed by atoms with E-state index in [0.717, 1.165) is 5.75 Å². The van der Waals surface area contributed by atoms with Gasteiger partial charge < -0.3 is 15.7 Å². The maximum atomic E-state index is 11.6. The lowest BCUT2D eigenvalue weighted by molar-refractivity contribution is -0.144. The number of amides is 1. The van der Waals surface area contributed by atoms with Crippen LogP contribution in [0.4, 0.5) is 0 Å². The summed E-state index contributed by atoms with van der Waals surface area (Å²) >= 11 is 1.61. The van der Waals surface area contributed by atoms with E-state index in [1.165, 1.54) is 4.90 Å². The number of hydrogen-bond acceptors (Lipinski definition) is 4. The van der Waals surface area contributed by atoms with Crippen LogP contribution in [0.3, 0.4) is 0 Å². The summed E-state index contributed by atoms with van der Waals surface area (Å²) in [6, 6.07) is -0.586. The minimum atomic E-state index is -1.01. The number of carboxylic acid groups (broad SMARTS) is 1. The van der Waals surface area contributed by atoms with E-state index in [1.807, 2.05) is 6.26 Å². The van der Waals surface area contributed by atoms with Gasteiger partial charge in [0.05, 0.1) is 6.04 Å². The summed E-state index contributed by atoms with van der Waals surface area (Å²) < 4.78 is 0. The number of rotatable bonds is 7. The molecular formula is C9H18N2O3S. The molecule has 0 spiro atoms. The zero-order valence-corrected chi connectivity index (χ0v) is 9.92. The number of likely N-dealkylation sites (N-methyl/N-ethyl adjacent to an activating group) is 1. The van der Waals surface area contributed by atoms with Crippen LogP contribution in [0.5, 0.6) is 0 Å². The van der Waals surface area contributed by atoms with E-state index in [4.69, 9.17) is 10.8 Å². The van der Waals surface area contributed by atoms with E-state index in [-0.39, 0.29) is 12.5 Å². The number of carbonyl (C=O) groups excluding carboxylic acids is 1. The first-order valence-electron chi connectivity index (χ1n) is 4.78. The second-order valence-electron chi connectivity index (χ2n) is 3.13. The first-order chi connectivity index (χ1) is 7.02. The molecule has 0 unspecified atom stereocenters. The Morgan fingerprint density at radius 3 is 2.53 bits per heavy atom. The second-order valence-corrected chi connectivity index (χ2v) is 4.12. The lowest BCUT2D eigenvalue weighted by Crippen LogP contribution is -2.46. The molecule has 0 radical (unpaired) electrons. The molecule has 0 bridgehead atoms. The molecule has 15 heavy (non-hydrogen) atoms. The van der Waals surface area contributed by atoms with E-state index in [9.17, 15) is 9.59 Å². The summed E-state index contributed by atoms with van der Waals surface area (Å²) in [5, 5.41) is 8.58.